The molecule has 1 aliphatic heterocycles. The molecular weight excluding hydrogens is 328 g/mol. The number of anilines is 1. The van der Waals surface area contributed by atoms with E-state index in [1.165, 1.54) is 6.42 Å². The maximum atomic E-state index is 10.5. The number of phenols is 1. The van der Waals surface area contributed by atoms with Gasteiger partial charge in [0, 0.05) is 12.5 Å². The number of aromatic hydroxyl groups is 1. The third-order valence-corrected chi connectivity index (χ3v) is 5.47. The zero-order chi connectivity index (χ0) is 18.1. The van der Waals surface area contributed by atoms with Crippen molar-refractivity contribution >= 4 is 5.95 Å². The van der Waals surface area contributed by atoms with Crippen LogP contribution in [0, 0.1) is 11.8 Å². The molecule has 0 amide bonds. The van der Waals surface area contributed by atoms with Gasteiger partial charge in [-0.2, -0.15) is 0 Å². The lowest BCUT2D eigenvalue weighted by atomic mass is 9.94. The van der Waals surface area contributed by atoms with E-state index >= 15 is 0 Å². The number of nitrogens with zero attached hydrogens (tertiary/aromatic N) is 2. The molecule has 2 aromatic rings. The van der Waals surface area contributed by atoms with Crippen molar-refractivity contribution in [2.75, 3.05) is 25.4 Å². The quantitative estimate of drug-likeness (QED) is 0.764. The summed E-state index contributed by atoms with van der Waals surface area (Å²) in [4.78, 5) is 8.83. The third-order valence-electron chi connectivity index (χ3n) is 5.47. The molecule has 2 fully saturated rings. The molecule has 1 saturated heterocycles. The number of phenolic OH excluding ortho intramolecular Hbond substituents is 1. The number of hydrogen-bond acceptors (Lipinski definition) is 6. The Morgan fingerprint density at radius 1 is 1.35 bits per heavy atom. The average Bonchev–Trinajstić information content (AvgIpc) is 3.35. The van der Waals surface area contributed by atoms with E-state index in [1.54, 1.807) is 12.1 Å². The minimum atomic E-state index is 0.150. The summed E-state index contributed by atoms with van der Waals surface area (Å²) >= 11 is 0. The van der Waals surface area contributed by atoms with Crippen LogP contribution in [0.4, 0.5) is 5.95 Å². The van der Waals surface area contributed by atoms with Crippen molar-refractivity contribution in [2.45, 2.75) is 32.1 Å². The highest BCUT2D eigenvalue weighted by atomic mass is 16.5. The highest BCUT2D eigenvalue weighted by molar-refractivity contribution is 5.74. The number of rotatable bonds is 5. The number of piperidine rings is 1. The van der Waals surface area contributed by atoms with Gasteiger partial charge in [0.2, 0.25) is 5.95 Å². The summed E-state index contributed by atoms with van der Waals surface area (Å²) in [6.45, 7) is 4.82. The Bertz CT molecular complexity index is 789. The molecule has 2 aliphatic rings. The van der Waals surface area contributed by atoms with Crippen LogP contribution in [0.1, 0.15) is 37.8 Å². The second kappa shape index (κ2) is 7.11. The zero-order valence-corrected chi connectivity index (χ0v) is 15.1. The van der Waals surface area contributed by atoms with Gasteiger partial charge in [0.25, 0.3) is 0 Å². The van der Waals surface area contributed by atoms with Gasteiger partial charge in [0.05, 0.1) is 23.6 Å². The van der Waals surface area contributed by atoms with Gasteiger partial charge in [-0.3, -0.25) is 0 Å². The molecule has 26 heavy (non-hydrogen) atoms. The minimum Gasteiger partial charge on any atom is -0.507 e. The molecule has 1 saturated carbocycles. The molecule has 2 heterocycles. The van der Waals surface area contributed by atoms with Gasteiger partial charge in [0.1, 0.15) is 11.5 Å². The molecule has 4 rings (SSSR count). The van der Waals surface area contributed by atoms with Gasteiger partial charge in [-0.15, -0.1) is 0 Å². The number of nitrogens with two attached hydrogens (primary N) is 1. The van der Waals surface area contributed by atoms with Crippen molar-refractivity contribution in [1.29, 1.82) is 0 Å². The predicted molar refractivity (Wildman–Crippen MR) is 101 cm³/mol. The molecule has 0 bridgehead atoms. The summed E-state index contributed by atoms with van der Waals surface area (Å²) in [5.74, 6) is 2.66. The summed E-state index contributed by atoms with van der Waals surface area (Å²) in [7, 11) is 0. The lowest BCUT2D eigenvalue weighted by Gasteiger charge is -2.23. The monoisotopic (exact) mass is 354 g/mol. The first-order valence-electron chi connectivity index (χ1n) is 9.42. The maximum absolute atomic E-state index is 10.5. The molecule has 0 spiro atoms. The fourth-order valence-corrected chi connectivity index (χ4v) is 3.65. The fourth-order valence-electron chi connectivity index (χ4n) is 3.65. The largest absolute Gasteiger partial charge is 0.507 e. The first kappa shape index (κ1) is 17.1. The Hall–Kier alpha value is -2.34. The molecule has 3 atom stereocenters. The first-order valence-corrected chi connectivity index (χ1v) is 9.42. The zero-order valence-electron chi connectivity index (χ0n) is 15.1. The normalized spacial score (nSPS) is 25.0. The molecule has 138 valence electrons. The number of ether oxygens (including phenoxy) is 1. The second-order valence-electron chi connectivity index (χ2n) is 7.51. The van der Waals surface area contributed by atoms with Crippen molar-refractivity contribution in [1.82, 2.24) is 15.3 Å². The second-order valence-corrected chi connectivity index (χ2v) is 7.51. The third kappa shape index (κ3) is 3.60. The van der Waals surface area contributed by atoms with Gasteiger partial charge in [-0.25, -0.2) is 9.97 Å². The van der Waals surface area contributed by atoms with E-state index in [9.17, 15) is 5.11 Å². The van der Waals surface area contributed by atoms with E-state index in [0.29, 0.717) is 35.4 Å². The van der Waals surface area contributed by atoms with Gasteiger partial charge in [0.15, 0.2) is 0 Å². The number of hydrogen-bond donors (Lipinski definition) is 3. The van der Waals surface area contributed by atoms with Crippen LogP contribution in [-0.2, 0) is 0 Å². The Morgan fingerprint density at radius 3 is 2.92 bits per heavy atom. The van der Waals surface area contributed by atoms with Crippen LogP contribution >= 0.6 is 0 Å². The summed E-state index contributed by atoms with van der Waals surface area (Å²) in [6.07, 6.45) is 3.40. The van der Waals surface area contributed by atoms with Crippen molar-refractivity contribution in [3.63, 3.8) is 0 Å². The maximum Gasteiger partial charge on any atom is 0.220 e. The first-order chi connectivity index (χ1) is 12.6. The van der Waals surface area contributed by atoms with Crippen LogP contribution in [0.15, 0.2) is 24.3 Å². The molecule has 1 aromatic carbocycles. The van der Waals surface area contributed by atoms with E-state index < -0.39 is 0 Å². The summed E-state index contributed by atoms with van der Waals surface area (Å²) in [5, 5.41) is 13.9. The van der Waals surface area contributed by atoms with Crippen molar-refractivity contribution in [3.05, 3.63) is 30.0 Å². The molecular formula is C20H26N4O2. The Morgan fingerprint density at radius 2 is 2.19 bits per heavy atom. The molecule has 4 N–H and O–H groups in total. The van der Waals surface area contributed by atoms with E-state index in [1.807, 2.05) is 12.1 Å². The SMILES string of the molecule is CC1CC1COc1cccc(O)c1-c1cc(C2CCCNC2)nc(N)n1. The van der Waals surface area contributed by atoms with E-state index in [4.69, 9.17) is 10.5 Å². The lowest BCUT2D eigenvalue weighted by molar-refractivity contribution is 0.293. The minimum absolute atomic E-state index is 0.150. The number of benzene rings is 1. The Kier molecular flexibility index (Phi) is 4.68. The number of nitrogens with one attached hydrogen (secondary N) is 1. The van der Waals surface area contributed by atoms with E-state index in [0.717, 1.165) is 37.5 Å². The number of aromatic nitrogens is 2. The molecule has 3 unspecified atom stereocenters. The van der Waals surface area contributed by atoms with Crippen LogP contribution in [0.2, 0.25) is 0 Å². The van der Waals surface area contributed by atoms with Gasteiger partial charge in [-0.1, -0.05) is 13.0 Å². The lowest BCUT2D eigenvalue weighted by Crippen LogP contribution is -2.29. The highest BCUT2D eigenvalue weighted by Gasteiger charge is 2.33. The predicted octanol–water partition coefficient (Wildman–Crippen LogP) is 2.93. The van der Waals surface area contributed by atoms with Crippen LogP contribution in [0.3, 0.4) is 0 Å². The summed E-state index contributed by atoms with van der Waals surface area (Å²) < 4.78 is 6.02. The summed E-state index contributed by atoms with van der Waals surface area (Å²) in [6, 6.07) is 7.26. The number of nitrogen functional groups attached to an aromatic ring is 1. The van der Waals surface area contributed by atoms with Crippen LogP contribution in [0.25, 0.3) is 11.3 Å². The molecule has 6 heteroatoms. The Balaban J connectivity index is 1.66. The van der Waals surface area contributed by atoms with Crippen molar-refractivity contribution < 1.29 is 9.84 Å². The molecule has 6 nitrogen and oxygen atoms in total. The van der Waals surface area contributed by atoms with Crippen LogP contribution < -0.4 is 15.8 Å². The standard InChI is InChI=1S/C20H26N4O2/c1-12-8-14(12)11-26-18-6-2-5-17(25)19(18)16-9-15(23-20(21)24-16)13-4-3-7-22-10-13/h2,5-6,9,12-14,22,25H,3-4,7-8,10-11H2,1H3,(H2,21,23,24). The van der Waals surface area contributed by atoms with Gasteiger partial charge >= 0.3 is 0 Å². The van der Waals surface area contributed by atoms with Crippen LogP contribution in [0.5, 0.6) is 11.5 Å². The molecule has 1 aliphatic carbocycles. The smallest absolute Gasteiger partial charge is 0.220 e. The van der Waals surface area contributed by atoms with Gasteiger partial charge < -0.3 is 20.9 Å². The Labute approximate surface area is 153 Å². The van der Waals surface area contributed by atoms with E-state index in [2.05, 4.69) is 22.2 Å². The van der Waals surface area contributed by atoms with E-state index in [-0.39, 0.29) is 11.7 Å². The average molecular weight is 354 g/mol. The topological polar surface area (TPSA) is 93.3 Å². The summed E-state index contributed by atoms with van der Waals surface area (Å²) in [5.41, 5.74) is 8.13. The fraction of sp³-hybridized carbons (Fsp3) is 0.500. The van der Waals surface area contributed by atoms with Crippen molar-refractivity contribution in [3.8, 4) is 22.8 Å². The van der Waals surface area contributed by atoms with Crippen molar-refractivity contribution in [2.24, 2.45) is 11.8 Å². The van der Waals surface area contributed by atoms with Gasteiger partial charge in [-0.05, 0) is 55.8 Å². The molecule has 0 radical (unpaired) electrons. The highest BCUT2D eigenvalue weighted by Crippen LogP contribution is 2.41. The molecule has 1 aromatic heterocycles. The van der Waals surface area contributed by atoms with Crippen LogP contribution in [-0.4, -0.2) is 34.8 Å².